The smallest absolute Gasteiger partial charge is 0.216 e. The van der Waals surface area contributed by atoms with E-state index in [1.54, 1.807) is 0 Å². The zero-order valence-electron chi connectivity index (χ0n) is 13.7. The van der Waals surface area contributed by atoms with Crippen LogP contribution in [0.2, 0.25) is 0 Å². The molecular formula is C17H24F2N2O2. The van der Waals surface area contributed by atoms with Gasteiger partial charge in [0.2, 0.25) is 5.91 Å². The van der Waals surface area contributed by atoms with E-state index in [0.717, 1.165) is 32.2 Å². The average molecular weight is 326 g/mol. The molecule has 1 amide bonds. The van der Waals surface area contributed by atoms with E-state index in [-0.39, 0.29) is 11.7 Å². The molecule has 128 valence electrons. The first-order valence-electron chi connectivity index (χ1n) is 8.01. The molecule has 1 saturated heterocycles. The number of methoxy groups -OCH3 is 1. The number of hydrogen-bond donors (Lipinski definition) is 1. The first-order chi connectivity index (χ1) is 11.0. The molecule has 0 aliphatic carbocycles. The van der Waals surface area contributed by atoms with Crippen molar-refractivity contribution < 1.29 is 18.3 Å². The molecule has 0 unspecified atom stereocenters. The second-order valence-electron chi connectivity index (χ2n) is 5.98. The van der Waals surface area contributed by atoms with Gasteiger partial charge >= 0.3 is 0 Å². The SMILES string of the molecule is COc1c(F)cc(CN2CCCC[C@@H]2CCNC(C)=O)cc1F. The molecule has 0 saturated carbocycles. The second-order valence-corrected chi connectivity index (χ2v) is 5.98. The maximum atomic E-state index is 13.8. The molecule has 1 fully saturated rings. The minimum atomic E-state index is -0.672. The van der Waals surface area contributed by atoms with Gasteiger partial charge in [-0.15, -0.1) is 0 Å². The van der Waals surface area contributed by atoms with Crippen molar-refractivity contribution in [3.8, 4) is 5.75 Å². The topological polar surface area (TPSA) is 41.6 Å². The Balaban J connectivity index is 2.02. The molecule has 0 radical (unpaired) electrons. The average Bonchev–Trinajstić information content (AvgIpc) is 2.48. The molecule has 1 aliphatic rings. The molecule has 1 heterocycles. The summed E-state index contributed by atoms with van der Waals surface area (Å²) in [6.45, 7) is 3.53. The van der Waals surface area contributed by atoms with Gasteiger partial charge in [0.25, 0.3) is 0 Å². The van der Waals surface area contributed by atoms with E-state index in [1.807, 2.05) is 0 Å². The summed E-state index contributed by atoms with van der Waals surface area (Å²) in [5, 5.41) is 2.81. The van der Waals surface area contributed by atoms with Gasteiger partial charge in [0.15, 0.2) is 17.4 Å². The van der Waals surface area contributed by atoms with Crippen LogP contribution in [0.4, 0.5) is 8.78 Å². The van der Waals surface area contributed by atoms with Gasteiger partial charge in [-0.2, -0.15) is 0 Å². The molecular weight excluding hydrogens is 302 g/mol. The highest BCUT2D eigenvalue weighted by Gasteiger charge is 2.23. The Bertz CT molecular complexity index is 528. The van der Waals surface area contributed by atoms with Crippen LogP contribution in [0.3, 0.4) is 0 Å². The van der Waals surface area contributed by atoms with E-state index < -0.39 is 11.6 Å². The fourth-order valence-corrected chi connectivity index (χ4v) is 3.14. The highest BCUT2D eigenvalue weighted by molar-refractivity contribution is 5.72. The number of nitrogens with zero attached hydrogens (tertiary/aromatic N) is 1. The third-order valence-electron chi connectivity index (χ3n) is 4.25. The third-order valence-corrected chi connectivity index (χ3v) is 4.25. The predicted octanol–water partition coefficient (Wildman–Crippen LogP) is 2.85. The zero-order chi connectivity index (χ0) is 16.8. The van der Waals surface area contributed by atoms with Crippen LogP contribution < -0.4 is 10.1 Å². The number of amides is 1. The van der Waals surface area contributed by atoms with Crippen molar-refractivity contribution in [1.82, 2.24) is 10.2 Å². The first-order valence-corrected chi connectivity index (χ1v) is 8.01. The monoisotopic (exact) mass is 326 g/mol. The van der Waals surface area contributed by atoms with Crippen LogP contribution in [0.25, 0.3) is 0 Å². The van der Waals surface area contributed by atoms with Crippen LogP contribution in [0.15, 0.2) is 12.1 Å². The van der Waals surface area contributed by atoms with Crippen molar-refractivity contribution in [2.24, 2.45) is 0 Å². The first kappa shape index (κ1) is 17.7. The standard InChI is InChI=1S/C17H24F2N2O2/c1-12(22)20-7-6-14-5-3-4-8-21(14)11-13-9-15(18)17(23-2)16(19)10-13/h9-10,14H,3-8,11H2,1-2H3,(H,20,22)/t14-/m1/s1. The Morgan fingerprint density at radius 1 is 1.35 bits per heavy atom. The molecule has 1 aromatic carbocycles. The molecule has 4 nitrogen and oxygen atoms in total. The van der Waals surface area contributed by atoms with Crippen LogP contribution in [0.5, 0.6) is 5.75 Å². The maximum absolute atomic E-state index is 13.8. The molecule has 0 spiro atoms. The van der Waals surface area contributed by atoms with E-state index in [1.165, 1.54) is 26.2 Å². The highest BCUT2D eigenvalue weighted by Crippen LogP contribution is 2.26. The van der Waals surface area contributed by atoms with E-state index in [2.05, 4.69) is 10.2 Å². The summed E-state index contributed by atoms with van der Waals surface area (Å²) in [6.07, 6.45) is 4.12. The van der Waals surface area contributed by atoms with Crippen LogP contribution >= 0.6 is 0 Å². The lowest BCUT2D eigenvalue weighted by Gasteiger charge is -2.36. The van der Waals surface area contributed by atoms with Crippen LogP contribution in [0, 0.1) is 11.6 Å². The van der Waals surface area contributed by atoms with E-state index in [4.69, 9.17) is 4.74 Å². The lowest BCUT2D eigenvalue weighted by molar-refractivity contribution is -0.119. The quantitative estimate of drug-likeness (QED) is 0.874. The van der Waals surface area contributed by atoms with Crippen molar-refractivity contribution in [2.45, 2.75) is 45.2 Å². The van der Waals surface area contributed by atoms with Crippen LogP contribution in [-0.4, -0.2) is 37.0 Å². The van der Waals surface area contributed by atoms with Gasteiger partial charge in [0.05, 0.1) is 7.11 Å². The van der Waals surface area contributed by atoms with Gasteiger partial charge in [-0.3, -0.25) is 9.69 Å². The van der Waals surface area contributed by atoms with E-state index in [0.29, 0.717) is 24.7 Å². The fourth-order valence-electron chi connectivity index (χ4n) is 3.14. The summed E-state index contributed by atoms with van der Waals surface area (Å²) in [5.74, 6) is -1.72. The van der Waals surface area contributed by atoms with Gasteiger partial charge in [0, 0.05) is 26.1 Å². The number of likely N-dealkylation sites (tertiary alicyclic amines) is 1. The number of halogens is 2. The Hall–Kier alpha value is -1.69. The van der Waals surface area contributed by atoms with Crippen LogP contribution in [-0.2, 0) is 11.3 Å². The van der Waals surface area contributed by atoms with Gasteiger partial charge in [-0.25, -0.2) is 8.78 Å². The van der Waals surface area contributed by atoms with Crippen LogP contribution in [0.1, 0.15) is 38.2 Å². The molecule has 1 aliphatic heterocycles. The molecule has 0 aromatic heterocycles. The highest BCUT2D eigenvalue weighted by atomic mass is 19.1. The fraction of sp³-hybridized carbons (Fsp3) is 0.588. The molecule has 1 N–H and O–H groups in total. The van der Waals surface area contributed by atoms with Gasteiger partial charge < -0.3 is 10.1 Å². The molecule has 6 heteroatoms. The number of hydrogen-bond acceptors (Lipinski definition) is 3. The number of nitrogens with one attached hydrogen (secondary N) is 1. The Kier molecular flexibility index (Phi) is 6.33. The number of carbonyl (C=O) groups is 1. The summed E-state index contributed by atoms with van der Waals surface area (Å²) in [4.78, 5) is 13.2. The number of ether oxygens (including phenoxy) is 1. The van der Waals surface area contributed by atoms with Crippen molar-refractivity contribution >= 4 is 5.91 Å². The Labute approximate surface area is 135 Å². The largest absolute Gasteiger partial charge is 0.491 e. The van der Waals surface area contributed by atoms with E-state index in [9.17, 15) is 13.6 Å². The lowest BCUT2D eigenvalue weighted by Crippen LogP contribution is -2.41. The normalized spacial score (nSPS) is 18.7. The van der Waals surface area contributed by atoms with Crippen molar-refractivity contribution in [1.29, 1.82) is 0 Å². The van der Waals surface area contributed by atoms with Gasteiger partial charge in [0.1, 0.15) is 0 Å². The maximum Gasteiger partial charge on any atom is 0.216 e. The number of piperidine rings is 1. The second kappa shape index (κ2) is 8.24. The number of carbonyl (C=O) groups excluding carboxylic acids is 1. The Morgan fingerprint density at radius 2 is 2.04 bits per heavy atom. The molecule has 23 heavy (non-hydrogen) atoms. The molecule has 2 rings (SSSR count). The van der Waals surface area contributed by atoms with Crippen molar-refractivity contribution in [3.63, 3.8) is 0 Å². The van der Waals surface area contributed by atoms with E-state index >= 15 is 0 Å². The van der Waals surface area contributed by atoms with Gasteiger partial charge in [-0.05, 0) is 43.5 Å². The summed E-state index contributed by atoms with van der Waals surface area (Å²) >= 11 is 0. The summed E-state index contributed by atoms with van der Waals surface area (Å²) < 4.78 is 32.4. The summed E-state index contributed by atoms with van der Waals surface area (Å²) in [6, 6.07) is 2.99. The van der Waals surface area contributed by atoms with Crippen molar-refractivity contribution in [2.75, 3.05) is 20.2 Å². The zero-order valence-corrected chi connectivity index (χ0v) is 13.7. The minimum absolute atomic E-state index is 0.0355. The summed E-state index contributed by atoms with van der Waals surface area (Å²) in [5.41, 5.74) is 0.604. The number of rotatable bonds is 6. The minimum Gasteiger partial charge on any atom is -0.491 e. The number of benzene rings is 1. The molecule has 1 aromatic rings. The molecule has 0 bridgehead atoms. The van der Waals surface area contributed by atoms with Crippen molar-refractivity contribution in [3.05, 3.63) is 29.3 Å². The predicted molar refractivity (Wildman–Crippen MR) is 84.3 cm³/mol. The summed E-state index contributed by atoms with van der Waals surface area (Å²) in [7, 11) is 1.25. The Morgan fingerprint density at radius 3 is 2.65 bits per heavy atom. The third kappa shape index (κ3) is 4.89. The van der Waals surface area contributed by atoms with Gasteiger partial charge in [-0.1, -0.05) is 6.42 Å². The molecule has 1 atom stereocenters. The lowest BCUT2D eigenvalue weighted by atomic mass is 9.98.